The Hall–Kier alpha value is -1.61. The maximum atomic E-state index is 4.47. The highest BCUT2D eigenvalue weighted by molar-refractivity contribution is 5.17. The highest BCUT2D eigenvalue weighted by atomic mass is 15.3. The molecule has 0 aliphatic heterocycles. The predicted octanol–water partition coefficient (Wildman–Crippen LogP) is 3.40. The zero-order valence-corrected chi connectivity index (χ0v) is 12.8. The summed E-state index contributed by atoms with van der Waals surface area (Å²) >= 11 is 0. The molecular formula is C17H25N3. The molecule has 108 valence electrons. The van der Waals surface area contributed by atoms with Gasteiger partial charge in [0, 0.05) is 13.1 Å². The van der Waals surface area contributed by atoms with Gasteiger partial charge < -0.3 is 5.32 Å². The van der Waals surface area contributed by atoms with Crippen molar-refractivity contribution < 1.29 is 0 Å². The lowest BCUT2D eigenvalue weighted by atomic mass is 10.0. The molecule has 0 bridgehead atoms. The molecule has 1 aromatic heterocycles. The molecule has 0 amide bonds. The van der Waals surface area contributed by atoms with Crippen LogP contribution in [0, 0.1) is 6.92 Å². The van der Waals surface area contributed by atoms with E-state index in [9.17, 15) is 0 Å². The van der Waals surface area contributed by atoms with Crippen molar-refractivity contribution in [2.24, 2.45) is 7.05 Å². The third-order valence-corrected chi connectivity index (χ3v) is 3.60. The fourth-order valence-corrected chi connectivity index (χ4v) is 2.59. The van der Waals surface area contributed by atoms with Crippen LogP contribution in [0.2, 0.25) is 0 Å². The smallest absolute Gasteiger partial charge is 0.0597 e. The second-order valence-corrected chi connectivity index (χ2v) is 5.37. The van der Waals surface area contributed by atoms with Crippen molar-refractivity contribution in [3.63, 3.8) is 0 Å². The van der Waals surface area contributed by atoms with Crippen LogP contribution < -0.4 is 5.32 Å². The van der Waals surface area contributed by atoms with Gasteiger partial charge in [0.05, 0.1) is 11.4 Å². The molecule has 2 aromatic rings. The molecular weight excluding hydrogens is 246 g/mol. The van der Waals surface area contributed by atoms with Crippen LogP contribution >= 0.6 is 0 Å². The van der Waals surface area contributed by atoms with Gasteiger partial charge in [-0.25, -0.2) is 0 Å². The highest BCUT2D eigenvalue weighted by Crippen LogP contribution is 2.20. The largest absolute Gasteiger partial charge is 0.309 e. The molecule has 20 heavy (non-hydrogen) atoms. The van der Waals surface area contributed by atoms with Crippen LogP contribution in [0.25, 0.3) is 0 Å². The maximum absolute atomic E-state index is 4.47. The average Bonchev–Trinajstić information content (AvgIpc) is 2.79. The van der Waals surface area contributed by atoms with Gasteiger partial charge in [0.25, 0.3) is 0 Å². The topological polar surface area (TPSA) is 29.9 Å². The van der Waals surface area contributed by atoms with E-state index in [2.05, 4.69) is 60.7 Å². The Labute approximate surface area is 122 Å². The quantitative estimate of drug-likeness (QED) is 0.836. The highest BCUT2D eigenvalue weighted by Gasteiger charge is 2.15. The van der Waals surface area contributed by atoms with Crippen LogP contribution in [0.15, 0.2) is 36.4 Å². The van der Waals surface area contributed by atoms with Crippen molar-refractivity contribution in [1.29, 1.82) is 0 Å². The maximum Gasteiger partial charge on any atom is 0.0597 e. The van der Waals surface area contributed by atoms with Gasteiger partial charge in [-0.2, -0.15) is 5.10 Å². The molecule has 1 unspecified atom stereocenters. The van der Waals surface area contributed by atoms with Crippen LogP contribution in [0.3, 0.4) is 0 Å². The minimum atomic E-state index is 0.376. The van der Waals surface area contributed by atoms with Crippen LogP contribution in [-0.4, -0.2) is 16.3 Å². The van der Waals surface area contributed by atoms with Gasteiger partial charge in [0.1, 0.15) is 0 Å². The number of nitrogens with one attached hydrogen (secondary N) is 1. The van der Waals surface area contributed by atoms with E-state index < -0.39 is 0 Å². The number of benzene rings is 1. The molecule has 0 saturated heterocycles. The molecule has 1 heterocycles. The van der Waals surface area contributed by atoms with Gasteiger partial charge in [0.15, 0.2) is 0 Å². The van der Waals surface area contributed by atoms with Crippen molar-refractivity contribution >= 4 is 0 Å². The van der Waals surface area contributed by atoms with Gasteiger partial charge >= 0.3 is 0 Å². The summed E-state index contributed by atoms with van der Waals surface area (Å²) < 4.78 is 2.01. The molecule has 0 saturated carbocycles. The number of rotatable bonds is 7. The Morgan fingerprint density at radius 2 is 2.00 bits per heavy atom. The van der Waals surface area contributed by atoms with E-state index in [1.54, 1.807) is 0 Å². The van der Waals surface area contributed by atoms with E-state index in [0.717, 1.165) is 31.5 Å². The standard InChI is InChI=1S/C17H25N3/c1-4-12-18-16(17-13-14(2)19-20(17)3)11-10-15-8-6-5-7-9-15/h5-9,13,16,18H,4,10-12H2,1-3H3. The summed E-state index contributed by atoms with van der Waals surface area (Å²) in [6.45, 7) is 5.30. The Balaban J connectivity index is 2.05. The zero-order chi connectivity index (χ0) is 14.4. The predicted molar refractivity (Wildman–Crippen MR) is 83.7 cm³/mol. The Morgan fingerprint density at radius 1 is 1.25 bits per heavy atom. The molecule has 2 rings (SSSR count). The van der Waals surface area contributed by atoms with Crippen LogP contribution in [-0.2, 0) is 13.5 Å². The molecule has 0 aliphatic carbocycles. The Bertz CT molecular complexity index is 516. The van der Waals surface area contributed by atoms with E-state index in [-0.39, 0.29) is 0 Å². The van der Waals surface area contributed by atoms with Gasteiger partial charge in [-0.05, 0) is 44.4 Å². The fraction of sp³-hybridized carbons (Fsp3) is 0.471. The summed E-state index contributed by atoms with van der Waals surface area (Å²) in [5.74, 6) is 0. The van der Waals surface area contributed by atoms with Crippen molar-refractivity contribution in [2.75, 3.05) is 6.54 Å². The van der Waals surface area contributed by atoms with Gasteiger partial charge in [-0.15, -0.1) is 0 Å². The van der Waals surface area contributed by atoms with E-state index >= 15 is 0 Å². The zero-order valence-electron chi connectivity index (χ0n) is 12.8. The lowest BCUT2D eigenvalue weighted by molar-refractivity contribution is 0.468. The Morgan fingerprint density at radius 3 is 2.60 bits per heavy atom. The third kappa shape index (κ3) is 3.94. The van der Waals surface area contributed by atoms with E-state index in [1.165, 1.54) is 11.3 Å². The monoisotopic (exact) mass is 271 g/mol. The normalized spacial score (nSPS) is 12.6. The van der Waals surface area contributed by atoms with Crippen LogP contribution in [0.5, 0.6) is 0 Å². The first-order chi connectivity index (χ1) is 9.70. The second kappa shape index (κ2) is 7.25. The van der Waals surface area contributed by atoms with E-state index in [1.807, 2.05) is 11.7 Å². The first-order valence-corrected chi connectivity index (χ1v) is 7.48. The van der Waals surface area contributed by atoms with E-state index in [4.69, 9.17) is 0 Å². The number of nitrogens with zero attached hydrogens (tertiary/aromatic N) is 2. The summed E-state index contributed by atoms with van der Waals surface area (Å²) in [5.41, 5.74) is 3.77. The molecule has 0 fully saturated rings. The lowest BCUT2D eigenvalue weighted by Gasteiger charge is -2.19. The summed E-state index contributed by atoms with van der Waals surface area (Å²) in [6, 6.07) is 13.3. The average molecular weight is 271 g/mol. The first kappa shape index (κ1) is 14.8. The first-order valence-electron chi connectivity index (χ1n) is 7.48. The second-order valence-electron chi connectivity index (χ2n) is 5.37. The van der Waals surface area contributed by atoms with Gasteiger partial charge in [0.2, 0.25) is 0 Å². The fourth-order valence-electron chi connectivity index (χ4n) is 2.59. The number of hydrogen-bond acceptors (Lipinski definition) is 2. The molecule has 0 aliphatic rings. The SMILES string of the molecule is CCCNC(CCc1ccccc1)c1cc(C)nn1C. The van der Waals surface area contributed by atoms with Crippen molar-refractivity contribution in [3.05, 3.63) is 53.3 Å². The van der Waals surface area contributed by atoms with Gasteiger partial charge in [-0.1, -0.05) is 37.3 Å². The summed E-state index contributed by atoms with van der Waals surface area (Å²) in [7, 11) is 2.03. The molecule has 3 nitrogen and oxygen atoms in total. The Kier molecular flexibility index (Phi) is 5.36. The number of aromatic nitrogens is 2. The summed E-state index contributed by atoms with van der Waals surface area (Å²) in [5, 5.41) is 8.12. The third-order valence-electron chi connectivity index (χ3n) is 3.60. The number of hydrogen-bond donors (Lipinski definition) is 1. The minimum Gasteiger partial charge on any atom is -0.309 e. The van der Waals surface area contributed by atoms with E-state index in [0.29, 0.717) is 6.04 Å². The van der Waals surface area contributed by atoms with Crippen molar-refractivity contribution in [3.8, 4) is 0 Å². The lowest BCUT2D eigenvalue weighted by Crippen LogP contribution is -2.24. The molecule has 0 spiro atoms. The summed E-state index contributed by atoms with van der Waals surface area (Å²) in [4.78, 5) is 0. The van der Waals surface area contributed by atoms with Crippen molar-refractivity contribution in [1.82, 2.24) is 15.1 Å². The molecule has 1 aromatic carbocycles. The molecule has 0 radical (unpaired) electrons. The molecule has 1 N–H and O–H groups in total. The minimum absolute atomic E-state index is 0.376. The number of aryl methyl sites for hydroxylation is 3. The summed E-state index contributed by atoms with van der Waals surface area (Å²) in [6.07, 6.45) is 3.34. The molecule has 3 heteroatoms. The van der Waals surface area contributed by atoms with Crippen LogP contribution in [0.4, 0.5) is 0 Å². The van der Waals surface area contributed by atoms with Crippen LogP contribution in [0.1, 0.15) is 42.8 Å². The van der Waals surface area contributed by atoms with Gasteiger partial charge in [-0.3, -0.25) is 4.68 Å². The molecule has 1 atom stereocenters. The van der Waals surface area contributed by atoms with Crippen molar-refractivity contribution in [2.45, 2.75) is 39.2 Å².